The fraction of sp³-hybridized carbons (Fsp3) is 0.125. The van der Waals surface area contributed by atoms with Crippen LogP contribution in [-0.4, -0.2) is 31.8 Å². The van der Waals surface area contributed by atoms with Crippen molar-refractivity contribution >= 4 is 34.8 Å². The van der Waals surface area contributed by atoms with Crippen molar-refractivity contribution in [2.45, 2.75) is 13.0 Å². The number of aromatic nitrogens is 4. The summed E-state index contributed by atoms with van der Waals surface area (Å²) in [5.41, 5.74) is 0.529. The van der Waals surface area contributed by atoms with Gasteiger partial charge in [-0.3, -0.25) is 4.79 Å². The van der Waals surface area contributed by atoms with Gasteiger partial charge in [0.2, 0.25) is 0 Å². The molecule has 0 aliphatic heterocycles. The van der Waals surface area contributed by atoms with Gasteiger partial charge in [-0.05, 0) is 31.2 Å². The number of anilines is 1. The van der Waals surface area contributed by atoms with Crippen LogP contribution in [0.3, 0.4) is 0 Å². The van der Waals surface area contributed by atoms with Gasteiger partial charge in [0, 0.05) is 0 Å². The van der Waals surface area contributed by atoms with Crippen LogP contribution in [0.5, 0.6) is 5.75 Å². The molecule has 2 heterocycles. The van der Waals surface area contributed by atoms with Crippen molar-refractivity contribution in [1.29, 1.82) is 0 Å². The third-order valence-corrected chi connectivity index (χ3v) is 4.06. The predicted octanol–water partition coefficient (Wildman–Crippen LogP) is 3.38. The fourth-order valence-electron chi connectivity index (χ4n) is 1.98. The van der Waals surface area contributed by atoms with Crippen LogP contribution in [0.1, 0.15) is 6.92 Å². The Morgan fingerprint density at radius 2 is 2.12 bits per heavy atom. The minimum atomic E-state index is -0.772. The lowest BCUT2D eigenvalue weighted by atomic mass is 10.3. The van der Waals surface area contributed by atoms with E-state index in [0.29, 0.717) is 22.3 Å². The highest BCUT2D eigenvalue weighted by Crippen LogP contribution is 2.32. The standard InChI is InChI=1S/C16H13Cl2N5O2/c1-10(25-13-4-2-3-12(17)15(13)18)16(24)22-11-5-6-14(20-7-11)23-9-19-8-21-23/h2-10H,1H3,(H,22,24)/t10-/m1/s1. The molecule has 3 aromatic rings. The summed E-state index contributed by atoms with van der Waals surface area (Å²) in [6.45, 7) is 1.61. The molecule has 0 fully saturated rings. The van der Waals surface area contributed by atoms with Crippen LogP contribution in [0.25, 0.3) is 5.82 Å². The zero-order valence-electron chi connectivity index (χ0n) is 13.1. The quantitative estimate of drug-likeness (QED) is 0.736. The number of hydrogen-bond donors (Lipinski definition) is 1. The summed E-state index contributed by atoms with van der Waals surface area (Å²) < 4.78 is 7.08. The zero-order valence-corrected chi connectivity index (χ0v) is 14.6. The highest BCUT2D eigenvalue weighted by molar-refractivity contribution is 6.42. The Morgan fingerprint density at radius 3 is 2.80 bits per heavy atom. The second-order valence-corrected chi connectivity index (χ2v) is 5.83. The number of halogens is 2. The molecule has 1 N–H and O–H groups in total. The number of nitrogens with zero attached hydrogens (tertiary/aromatic N) is 4. The summed E-state index contributed by atoms with van der Waals surface area (Å²) in [5.74, 6) is 0.591. The van der Waals surface area contributed by atoms with Crippen molar-refractivity contribution in [3.05, 3.63) is 59.2 Å². The molecule has 0 saturated heterocycles. The molecule has 0 saturated carbocycles. The summed E-state index contributed by atoms with van der Waals surface area (Å²) in [7, 11) is 0. The number of rotatable bonds is 5. The smallest absolute Gasteiger partial charge is 0.265 e. The minimum Gasteiger partial charge on any atom is -0.479 e. The van der Waals surface area contributed by atoms with Gasteiger partial charge in [0.15, 0.2) is 11.9 Å². The van der Waals surface area contributed by atoms with Crippen LogP contribution in [0, 0.1) is 0 Å². The van der Waals surface area contributed by atoms with Crippen LogP contribution >= 0.6 is 23.2 Å². The normalized spacial score (nSPS) is 11.8. The Hall–Kier alpha value is -2.64. The van der Waals surface area contributed by atoms with Crippen molar-refractivity contribution < 1.29 is 9.53 Å². The molecular weight excluding hydrogens is 365 g/mol. The Labute approximate surface area is 153 Å². The minimum absolute atomic E-state index is 0.266. The first kappa shape index (κ1) is 17.2. The lowest BCUT2D eigenvalue weighted by Crippen LogP contribution is -2.30. The summed E-state index contributed by atoms with van der Waals surface area (Å²) >= 11 is 12.0. The third kappa shape index (κ3) is 4.07. The van der Waals surface area contributed by atoms with Gasteiger partial charge in [0.05, 0.1) is 16.9 Å². The number of amides is 1. The molecule has 1 amide bonds. The Bertz CT molecular complexity index is 869. The number of carbonyl (C=O) groups excluding carboxylic acids is 1. The molecule has 9 heteroatoms. The van der Waals surface area contributed by atoms with Gasteiger partial charge in [0.25, 0.3) is 5.91 Å². The SMILES string of the molecule is C[C@@H](Oc1cccc(Cl)c1Cl)C(=O)Nc1ccc(-n2cncn2)nc1. The molecule has 0 unspecified atom stereocenters. The van der Waals surface area contributed by atoms with Crippen molar-refractivity contribution in [1.82, 2.24) is 19.7 Å². The zero-order chi connectivity index (χ0) is 17.8. The third-order valence-electron chi connectivity index (χ3n) is 3.26. The van der Waals surface area contributed by atoms with Crippen LogP contribution in [0.15, 0.2) is 49.2 Å². The van der Waals surface area contributed by atoms with E-state index in [1.165, 1.54) is 23.5 Å². The second kappa shape index (κ2) is 7.50. The molecule has 1 atom stereocenters. The number of carbonyl (C=O) groups is 1. The van der Waals surface area contributed by atoms with Gasteiger partial charge < -0.3 is 10.1 Å². The summed E-state index contributed by atoms with van der Waals surface area (Å²) in [6, 6.07) is 8.40. The number of pyridine rings is 1. The van der Waals surface area contributed by atoms with Crippen molar-refractivity contribution in [2.24, 2.45) is 0 Å². The Morgan fingerprint density at radius 1 is 1.28 bits per heavy atom. The summed E-state index contributed by atoms with van der Waals surface area (Å²) in [6.07, 6.45) is 3.70. The molecule has 128 valence electrons. The van der Waals surface area contributed by atoms with E-state index in [2.05, 4.69) is 20.4 Å². The number of benzene rings is 1. The first-order valence-electron chi connectivity index (χ1n) is 7.27. The highest BCUT2D eigenvalue weighted by Gasteiger charge is 2.17. The van der Waals surface area contributed by atoms with Crippen LogP contribution in [-0.2, 0) is 4.79 Å². The highest BCUT2D eigenvalue weighted by atomic mass is 35.5. The van der Waals surface area contributed by atoms with Gasteiger partial charge >= 0.3 is 0 Å². The average molecular weight is 378 g/mol. The van der Waals surface area contributed by atoms with Crippen LogP contribution in [0.4, 0.5) is 5.69 Å². The molecule has 0 radical (unpaired) electrons. The maximum absolute atomic E-state index is 12.3. The van der Waals surface area contributed by atoms with E-state index < -0.39 is 6.10 Å². The predicted molar refractivity (Wildman–Crippen MR) is 94.3 cm³/mol. The largest absolute Gasteiger partial charge is 0.479 e. The topological polar surface area (TPSA) is 81.9 Å². The van der Waals surface area contributed by atoms with E-state index in [4.69, 9.17) is 27.9 Å². The fourth-order valence-corrected chi connectivity index (χ4v) is 2.32. The first-order chi connectivity index (χ1) is 12.0. The summed E-state index contributed by atoms with van der Waals surface area (Å²) in [5, 5.41) is 7.33. The average Bonchev–Trinajstić information content (AvgIpc) is 3.14. The van der Waals surface area contributed by atoms with Gasteiger partial charge in [-0.15, -0.1) is 0 Å². The van der Waals surface area contributed by atoms with Crippen LogP contribution < -0.4 is 10.1 Å². The second-order valence-electron chi connectivity index (χ2n) is 5.05. The van der Waals surface area contributed by atoms with E-state index in [0.717, 1.165) is 0 Å². The van der Waals surface area contributed by atoms with Crippen LogP contribution in [0.2, 0.25) is 10.0 Å². The van der Waals surface area contributed by atoms with Gasteiger partial charge in [-0.2, -0.15) is 5.10 Å². The molecule has 1 aromatic carbocycles. The molecule has 7 nitrogen and oxygen atoms in total. The summed E-state index contributed by atoms with van der Waals surface area (Å²) in [4.78, 5) is 20.3. The number of nitrogens with one attached hydrogen (secondary N) is 1. The van der Waals surface area contributed by atoms with E-state index in [-0.39, 0.29) is 10.9 Å². The molecule has 0 bridgehead atoms. The maximum Gasteiger partial charge on any atom is 0.265 e. The lowest BCUT2D eigenvalue weighted by molar-refractivity contribution is -0.122. The van der Waals surface area contributed by atoms with E-state index in [9.17, 15) is 4.79 Å². The molecule has 2 aromatic heterocycles. The molecule has 25 heavy (non-hydrogen) atoms. The van der Waals surface area contributed by atoms with Crippen molar-refractivity contribution in [3.63, 3.8) is 0 Å². The monoisotopic (exact) mass is 377 g/mol. The maximum atomic E-state index is 12.3. The van der Waals surface area contributed by atoms with Gasteiger partial charge in [-0.1, -0.05) is 29.3 Å². The lowest BCUT2D eigenvalue weighted by Gasteiger charge is -2.16. The van der Waals surface area contributed by atoms with E-state index in [1.54, 1.807) is 37.3 Å². The molecule has 0 aliphatic carbocycles. The van der Waals surface area contributed by atoms with Gasteiger partial charge in [-0.25, -0.2) is 14.6 Å². The Kier molecular flexibility index (Phi) is 5.16. The first-order valence-corrected chi connectivity index (χ1v) is 8.03. The number of hydrogen-bond acceptors (Lipinski definition) is 5. The molecule has 0 aliphatic rings. The van der Waals surface area contributed by atoms with Gasteiger partial charge in [0.1, 0.15) is 23.4 Å². The molecule has 0 spiro atoms. The van der Waals surface area contributed by atoms with E-state index >= 15 is 0 Å². The van der Waals surface area contributed by atoms with E-state index in [1.807, 2.05) is 0 Å². The Balaban J connectivity index is 1.64. The molecule has 3 rings (SSSR count). The van der Waals surface area contributed by atoms with Crippen molar-refractivity contribution in [2.75, 3.05) is 5.32 Å². The van der Waals surface area contributed by atoms with Crippen molar-refractivity contribution in [3.8, 4) is 11.6 Å². The number of ether oxygens (including phenoxy) is 1. The molecular formula is C16H13Cl2N5O2.